The van der Waals surface area contributed by atoms with E-state index in [-0.39, 0.29) is 12.8 Å². The lowest BCUT2D eigenvalue weighted by molar-refractivity contribution is -0.382. The number of aliphatic carboxylic acids is 1. The molecular formula is C14H26O6. The Hall–Kier alpha value is -1.14. The first-order valence-electron chi connectivity index (χ1n) is 6.89. The minimum absolute atomic E-state index is 0.0170. The molecule has 0 aromatic heterocycles. The number of carbonyl (C=O) groups excluding carboxylic acids is 1. The summed E-state index contributed by atoms with van der Waals surface area (Å²) in [5, 5.41) is 18.8. The van der Waals surface area contributed by atoms with Gasteiger partial charge in [-0.1, -0.05) is 27.2 Å². The third-order valence-electron chi connectivity index (χ3n) is 3.28. The van der Waals surface area contributed by atoms with Gasteiger partial charge in [0.25, 0.3) is 0 Å². The van der Waals surface area contributed by atoms with E-state index in [4.69, 9.17) is 14.6 Å². The lowest BCUT2D eigenvalue weighted by Gasteiger charge is -2.39. The molecule has 0 aliphatic rings. The van der Waals surface area contributed by atoms with Crippen molar-refractivity contribution in [1.29, 1.82) is 0 Å². The molecule has 0 aromatic carbocycles. The normalized spacial score (nSPS) is 14.7. The third kappa shape index (κ3) is 5.88. The van der Waals surface area contributed by atoms with Gasteiger partial charge in [-0.3, -0.25) is 9.59 Å². The quantitative estimate of drug-likeness (QED) is 0.364. The van der Waals surface area contributed by atoms with E-state index in [9.17, 15) is 14.7 Å². The summed E-state index contributed by atoms with van der Waals surface area (Å²) in [5.41, 5.74) is -0.729. The van der Waals surface area contributed by atoms with Crippen molar-refractivity contribution in [2.24, 2.45) is 5.41 Å². The number of esters is 1. The van der Waals surface area contributed by atoms with Crippen molar-refractivity contribution in [2.45, 2.75) is 65.3 Å². The van der Waals surface area contributed by atoms with Gasteiger partial charge >= 0.3 is 17.9 Å². The lowest BCUT2D eigenvalue weighted by Crippen LogP contribution is -2.50. The Bertz CT molecular complexity index is 326. The number of unbranched alkanes of at least 4 members (excludes halogenated alkanes) is 1. The second kappa shape index (κ2) is 8.21. The van der Waals surface area contributed by atoms with E-state index in [0.717, 1.165) is 6.42 Å². The van der Waals surface area contributed by atoms with Gasteiger partial charge in [0, 0.05) is 20.0 Å². The van der Waals surface area contributed by atoms with Crippen LogP contribution in [-0.2, 0) is 19.1 Å². The van der Waals surface area contributed by atoms with Crippen molar-refractivity contribution in [3.05, 3.63) is 0 Å². The van der Waals surface area contributed by atoms with Gasteiger partial charge in [0.05, 0.1) is 5.41 Å². The van der Waals surface area contributed by atoms with E-state index in [2.05, 4.69) is 0 Å². The molecule has 0 bridgehead atoms. The predicted octanol–water partition coefficient (Wildman–Crippen LogP) is 2.29. The molecule has 0 radical (unpaired) electrons. The number of rotatable bonds is 10. The van der Waals surface area contributed by atoms with E-state index < -0.39 is 23.3 Å². The Morgan fingerprint density at radius 1 is 1.15 bits per heavy atom. The van der Waals surface area contributed by atoms with Crippen LogP contribution in [0.5, 0.6) is 0 Å². The second-order valence-electron chi connectivity index (χ2n) is 5.49. The van der Waals surface area contributed by atoms with E-state index in [1.165, 1.54) is 7.11 Å². The Balaban J connectivity index is 4.40. The molecule has 0 saturated carbocycles. The summed E-state index contributed by atoms with van der Waals surface area (Å²) in [7, 11) is 1.29. The van der Waals surface area contributed by atoms with Crippen molar-refractivity contribution in [2.75, 3.05) is 7.11 Å². The van der Waals surface area contributed by atoms with Crippen LogP contribution in [0.15, 0.2) is 0 Å². The Labute approximate surface area is 120 Å². The molecule has 0 aliphatic carbocycles. The van der Waals surface area contributed by atoms with Crippen LogP contribution in [0, 0.1) is 5.41 Å². The minimum Gasteiger partial charge on any atom is -0.481 e. The van der Waals surface area contributed by atoms with Gasteiger partial charge in [-0.05, 0) is 19.3 Å². The van der Waals surface area contributed by atoms with Gasteiger partial charge in [0.2, 0.25) is 0 Å². The number of carboxylic acids is 1. The maximum atomic E-state index is 11.7. The molecule has 0 amide bonds. The largest absolute Gasteiger partial charge is 0.481 e. The number of hydrogen-bond acceptors (Lipinski definition) is 5. The van der Waals surface area contributed by atoms with E-state index in [0.29, 0.717) is 19.3 Å². The second-order valence-corrected chi connectivity index (χ2v) is 5.49. The molecule has 118 valence electrons. The Kier molecular flexibility index (Phi) is 7.75. The van der Waals surface area contributed by atoms with Crippen molar-refractivity contribution >= 4 is 11.9 Å². The number of ether oxygens (including phenoxy) is 2. The fourth-order valence-corrected chi connectivity index (χ4v) is 1.99. The zero-order valence-electron chi connectivity index (χ0n) is 12.8. The molecule has 0 fully saturated rings. The highest BCUT2D eigenvalue weighted by atomic mass is 16.8. The fraction of sp³-hybridized carbons (Fsp3) is 0.857. The highest BCUT2D eigenvalue weighted by Crippen LogP contribution is 2.37. The zero-order valence-corrected chi connectivity index (χ0v) is 12.8. The van der Waals surface area contributed by atoms with Gasteiger partial charge in [-0.25, -0.2) is 0 Å². The fourth-order valence-electron chi connectivity index (χ4n) is 1.99. The molecule has 1 atom stereocenters. The van der Waals surface area contributed by atoms with Crippen LogP contribution < -0.4 is 0 Å². The van der Waals surface area contributed by atoms with Crippen LogP contribution in [-0.4, -0.2) is 35.2 Å². The lowest BCUT2D eigenvalue weighted by atomic mass is 9.85. The summed E-state index contributed by atoms with van der Waals surface area (Å²) in [6.45, 7) is 5.49. The number of carboxylic acid groups (broad SMARTS) is 1. The number of aliphatic hydroxyl groups is 1. The van der Waals surface area contributed by atoms with Crippen molar-refractivity contribution in [3.63, 3.8) is 0 Å². The first kappa shape index (κ1) is 18.9. The topological polar surface area (TPSA) is 93.1 Å². The summed E-state index contributed by atoms with van der Waals surface area (Å²) in [5.74, 6) is -3.45. The van der Waals surface area contributed by atoms with Gasteiger partial charge in [0.1, 0.15) is 0 Å². The summed E-state index contributed by atoms with van der Waals surface area (Å²) in [6.07, 6.45) is 2.32. The Morgan fingerprint density at radius 3 is 2.15 bits per heavy atom. The van der Waals surface area contributed by atoms with Crippen LogP contribution in [0.3, 0.4) is 0 Å². The van der Waals surface area contributed by atoms with Crippen LogP contribution in [0.4, 0.5) is 0 Å². The summed E-state index contributed by atoms with van der Waals surface area (Å²) >= 11 is 0. The predicted molar refractivity (Wildman–Crippen MR) is 72.8 cm³/mol. The third-order valence-corrected chi connectivity index (χ3v) is 3.28. The van der Waals surface area contributed by atoms with Crippen molar-refractivity contribution < 1.29 is 29.3 Å². The Morgan fingerprint density at radius 2 is 1.70 bits per heavy atom. The van der Waals surface area contributed by atoms with Crippen LogP contribution >= 0.6 is 0 Å². The highest BCUT2D eigenvalue weighted by molar-refractivity contribution is 5.70. The van der Waals surface area contributed by atoms with Crippen LogP contribution in [0.2, 0.25) is 0 Å². The molecule has 0 aromatic rings. The highest BCUT2D eigenvalue weighted by Gasteiger charge is 2.47. The first-order chi connectivity index (χ1) is 9.18. The molecule has 0 aliphatic heterocycles. The zero-order chi connectivity index (χ0) is 15.8. The number of hydrogen-bond donors (Lipinski definition) is 2. The summed E-state index contributed by atoms with van der Waals surface area (Å²) in [4.78, 5) is 22.0. The maximum Gasteiger partial charge on any atom is 0.331 e. The van der Waals surface area contributed by atoms with Crippen LogP contribution in [0.1, 0.15) is 59.3 Å². The number of methoxy groups -OCH3 is 1. The molecule has 1 unspecified atom stereocenters. The molecule has 6 nitrogen and oxygen atoms in total. The molecule has 0 heterocycles. The van der Waals surface area contributed by atoms with Gasteiger partial charge < -0.3 is 19.7 Å². The van der Waals surface area contributed by atoms with E-state index in [1.54, 1.807) is 13.8 Å². The summed E-state index contributed by atoms with van der Waals surface area (Å²) < 4.78 is 10.0. The van der Waals surface area contributed by atoms with E-state index >= 15 is 0 Å². The molecule has 0 spiro atoms. The first-order valence-corrected chi connectivity index (χ1v) is 6.89. The molecule has 0 saturated heterocycles. The molecule has 0 rings (SSSR count). The average Bonchev–Trinajstić information content (AvgIpc) is 2.34. The molecule has 20 heavy (non-hydrogen) atoms. The minimum atomic E-state index is -1.97. The van der Waals surface area contributed by atoms with Crippen molar-refractivity contribution in [1.82, 2.24) is 0 Å². The molecule has 2 N–H and O–H groups in total. The monoisotopic (exact) mass is 290 g/mol. The summed E-state index contributed by atoms with van der Waals surface area (Å²) in [6, 6.07) is 0. The maximum absolute atomic E-state index is 11.7. The number of carbonyl (C=O) groups is 2. The van der Waals surface area contributed by atoms with Gasteiger partial charge in [-0.2, -0.15) is 0 Å². The smallest absolute Gasteiger partial charge is 0.331 e. The van der Waals surface area contributed by atoms with Gasteiger partial charge in [0.15, 0.2) is 0 Å². The SMILES string of the molecule is CCCC(C)(C)C(O)(OC)OC(=O)CCCCC(=O)O. The van der Waals surface area contributed by atoms with E-state index in [1.807, 2.05) is 6.92 Å². The average molecular weight is 290 g/mol. The van der Waals surface area contributed by atoms with Gasteiger partial charge in [-0.15, -0.1) is 0 Å². The molecule has 6 heteroatoms. The van der Waals surface area contributed by atoms with Crippen molar-refractivity contribution in [3.8, 4) is 0 Å². The van der Waals surface area contributed by atoms with Crippen LogP contribution in [0.25, 0.3) is 0 Å². The molecular weight excluding hydrogens is 264 g/mol. The standard InChI is InChI=1S/C14H26O6/c1-5-10-13(2,3)14(18,19-4)20-12(17)9-7-6-8-11(15)16/h18H,5-10H2,1-4H3,(H,15,16).